The zero-order chi connectivity index (χ0) is 25.0. The van der Waals surface area contributed by atoms with Crippen LogP contribution in [0.4, 0.5) is 0 Å². The molecule has 1 saturated heterocycles. The topological polar surface area (TPSA) is 232 Å². The monoisotopic (exact) mass is 470 g/mol. The first-order valence-corrected chi connectivity index (χ1v) is 11.2. The van der Waals surface area contributed by atoms with Crippen molar-refractivity contribution < 1.29 is 24.3 Å². The average Bonchev–Trinajstić information content (AvgIpc) is 3.24. The molecule has 0 aromatic heterocycles. The fourth-order valence-corrected chi connectivity index (χ4v) is 3.63. The molecule has 0 aliphatic carbocycles. The van der Waals surface area contributed by atoms with Crippen molar-refractivity contribution in [3.63, 3.8) is 0 Å². The summed E-state index contributed by atoms with van der Waals surface area (Å²) in [6.07, 6.45) is 3.01. The highest BCUT2D eigenvalue weighted by Crippen LogP contribution is 2.19. The lowest BCUT2D eigenvalue weighted by Gasteiger charge is -2.28. The van der Waals surface area contributed by atoms with Crippen LogP contribution in [0.3, 0.4) is 0 Å². The Morgan fingerprint density at radius 3 is 2.33 bits per heavy atom. The largest absolute Gasteiger partial charge is 0.480 e. The number of aliphatic imine (C=N–C) groups is 1. The van der Waals surface area contributed by atoms with Crippen molar-refractivity contribution in [2.45, 2.75) is 76.0 Å². The second-order valence-corrected chi connectivity index (χ2v) is 8.17. The third-order valence-corrected chi connectivity index (χ3v) is 5.37. The number of unbranched alkanes of at least 4 members (excludes halogenated alkanes) is 1. The van der Waals surface area contributed by atoms with Crippen LogP contribution in [0.15, 0.2) is 4.99 Å². The Hall–Kier alpha value is -2.93. The number of likely N-dealkylation sites (tertiary alicyclic amines) is 1. The van der Waals surface area contributed by atoms with Gasteiger partial charge in [0.05, 0.1) is 6.04 Å². The summed E-state index contributed by atoms with van der Waals surface area (Å²) in [4.78, 5) is 55.0. The second kappa shape index (κ2) is 14.3. The van der Waals surface area contributed by atoms with Gasteiger partial charge in [-0.15, -0.1) is 0 Å². The summed E-state index contributed by atoms with van der Waals surface area (Å²) in [6.45, 7) is 2.61. The van der Waals surface area contributed by atoms with Gasteiger partial charge in [0, 0.05) is 13.1 Å². The molecule has 0 aromatic carbocycles. The number of carboxylic acids is 1. The van der Waals surface area contributed by atoms with E-state index in [1.807, 2.05) is 0 Å². The third kappa shape index (κ3) is 9.61. The Bertz CT molecular complexity index is 711. The van der Waals surface area contributed by atoms with Crippen LogP contribution in [0.2, 0.25) is 0 Å². The number of nitrogens with two attached hydrogens (primary N) is 4. The molecule has 1 aliphatic heterocycles. The Balaban J connectivity index is 2.90. The molecule has 1 rings (SSSR count). The van der Waals surface area contributed by atoms with Gasteiger partial charge in [-0.1, -0.05) is 0 Å². The van der Waals surface area contributed by atoms with Gasteiger partial charge >= 0.3 is 5.97 Å². The SMILES string of the molecule is CC(N)C(=O)N1CCCC1C(=O)NC(CCCN=C(N)N)C(=O)NC(CCCCN)C(=O)O. The zero-order valence-corrected chi connectivity index (χ0v) is 19.2. The van der Waals surface area contributed by atoms with Crippen LogP contribution < -0.4 is 33.6 Å². The summed E-state index contributed by atoms with van der Waals surface area (Å²) < 4.78 is 0. The summed E-state index contributed by atoms with van der Waals surface area (Å²) in [5.41, 5.74) is 21.8. The Labute approximate surface area is 193 Å². The number of nitrogens with zero attached hydrogens (tertiary/aromatic N) is 2. The first-order valence-electron chi connectivity index (χ1n) is 11.2. The predicted octanol–water partition coefficient (Wildman–Crippen LogP) is -2.44. The van der Waals surface area contributed by atoms with Gasteiger partial charge in [0.1, 0.15) is 18.1 Å². The van der Waals surface area contributed by atoms with Crippen LogP contribution in [0.25, 0.3) is 0 Å². The third-order valence-electron chi connectivity index (χ3n) is 5.37. The van der Waals surface area contributed by atoms with Gasteiger partial charge in [-0.3, -0.25) is 19.4 Å². The van der Waals surface area contributed by atoms with Gasteiger partial charge in [-0.2, -0.15) is 0 Å². The smallest absolute Gasteiger partial charge is 0.326 e. The van der Waals surface area contributed by atoms with E-state index >= 15 is 0 Å². The highest BCUT2D eigenvalue weighted by atomic mass is 16.4. The number of aliphatic carboxylic acids is 1. The molecule has 0 aromatic rings. The van der Waals surface area contributed by atoms with Crippen molar-refractivity contribution in [2.24, 2.45) is 27.9 Å². The van der Waals surface area contributed by atoms with Crippen LogP contribution in [-0.2, 0) is 19.2 Å². The number of carbonyl (C=O) groups is 4. The molecule has 1 fully saturated rings. The normalized spacial score (nSPS) is 18.2. The summed E-state index contributed by atoms with van der Waals surface area (Å²) in [5, 5.41) is 14.6. The summed E-state index contributed by atoms with van der Waals surface area (Å²) in [7, 11) is 0. The van der Waals surface area contributed by atoms with Gasteiger partial charge in [0.2, 0.25) is 17.7 Å². The number of carbonyl (C=O) groups excluding carboxylic acids is 3. The number of rotatable bonds is 14. The number of hydrogen-bond acceptors (Lipinski definition) is 7. The van der Waals surface area contributed by atoms with E-state index in [9.17, 15) is 24.3 Å². The summed E-state index contributed by atoms with van der Waals surface area (Å²) in [5.74, 6) is -2.72. The molecule has 0 saturated carbocycles. The molecule has 4 unspecified atom stereocenters. The van der Waals surface area contributed by atoms with Crippen LogP contribution in [0.5, 0.6) is 0 Å². The lowest BCUT2D eigenvalue weighted by atomic mass is 10.1. The number of carboxylic acid groups (broad SMARTS) is 1. The van der Waals surface area contributed by atoms with E-state index in [0.717, 1.165) is 0 Å². The van der Waals surface area contributed by atoms with E-state index in [2.05, 4.69) is 15.6 Å². The molecular formula is C20H38N8O5. The first kappa shape index (κ1) is 28.1. The van der Waals surface area contributed by atoms with E-state index < -0.39 is 42.0 Å². The zero-order valence-electron chi connectivity index (χ0n) is 19.2. The van der Waals surface area contributed by atoms with Crippen molar-refractivity contribution >= 4 is 29.7 Å². The molecule has 0 bridgehead atoms. The van der Waals surface area contributed by atoms with Crippen molar-refractivity contribution in [3.05, 3.63) is 0 Å². The molecule has 1 heterocycles. The van der Waals surface area contributed by atoms with E-state index in [-0.39, 0.29) is 31.3 Å². The van der Waals surface area contributed by atoms with Crippen molar-refractivity contribution in [1.82, 2.24) is 15.5 Å². The Morgan fingerprint density at radius 1 is 1.09 bits per heavy atom. The number of amides is 3. The molecule has 11 N–H and O–H groups in total. The number of nitrogens with one attached hydrogen (secondary N) is 2. The van der Waals surface area contributed by atoms with Gasteiger partial charge in [-0.05, 0) is 58.4 Å². The molecule has 13 heteroatoms. The molecule has 33 heavy (non-hydrogen) atoms. The van der Waals surface area contributed by atoms with Crippen molar-refractivity contribution in [1.29, 1.82) is 0 Å². The van der Waals surface area contributed by atoms with Gasteiger partial charge in [0.15, 0.2) is 5.96 Å². The number of hydrogen-bond donors (Lipinski definition) is 7. The van der Waals surface area contributed by atoms with Crippen LogP contribution >= 0.6 is 0 Å². The lowest BCUT2D eigenvalue weighted by molar-refractivity contribution is -0.143. The van der Waals surface area contributed by atoms with Gasteiger partial charge < -0.3 is 43.6 Å². The molecule has 188 valence electrons. The minimum atomic E-state index is -1.17. The maximum atomic E-state index is 12.9. The van der Waals surface area contributed by atoms with E-state index in [0.29, 0.717) is 45.2 Å². The molecule has 13 nitrogen and oxygen atoms in total. The van der Waals surface area contributed by atoms with Crippen LogP contribution in [0, 0.1) is 0 Å². The van der Waals surface area contributed by atoms with Crippen molar-refractivity contribution in [2.75, 3.05) is 19.6 Å². The summed E-state index contributed by atoms with van der Waals surface area (Å²) in [6, 6.07) is -3.61. The molecule has 3 amide bonds. The maximum Gasteiger partial charge on any atom is 0.326 e. The lowest BCUT2D eigenvalue weighted by Crippen LogP contribution is -2.56. The quantitative estimate of drug-likeness (QED) is 0.0810. The van der Waals surface area contributed by atoms with Crippen molar-refractivity contribution in [3.8, 4) is 0 Å². The minimum absolute atomic E-state index is 0.0955. The second-order valence-electron chi connectivity index (χ2n) is 8.17. The van der Waals surface area contributed by atoms with E-state index in [4.69, 9.17) is 22.9 Å². The highest BCUT2D eigenvalue weighted by Gasteiger charge is 2.37. The standard InChI is InChI=1S/C20H38N8O5/c1-12(22)18(31)28-11-5-8-15(28)17(30)26-13(7-4-10-25-20(23)24)16(29)27-14(19(32)33)6-2-3-9-21/h12-15H,2-11,21-22H2,1H3,(H,26,30)(H,27,29)(H,32,33)(H4,23,24,25). The highest BCUT2D eigenvalue weighted by molar-refractivity contribution is 5.94. The summed E-state index contributed by atoms with van der Waals surface area (Å²) >= 11 is 0. The molecule has 0 spiro atoms. The fraction of sp³-hybridized carbons (Fsp3) is 0.750. The van der Waals surface area contributed by atoms with Gasteiger partial charge in [-0.25, -0.2) is 4.79 Å². The van der Waals surface area contributed by atoms with E-state index in [1.54, 1.807) is 6.92 Å². The first-order chi connectivity index (χ1) is 15.6. The Kier molecular flexibility index (Phi) is 12.1. The average molecular weight is 471 g/mol. The van der Waals surface area contributed by atoms with Gasteiger partial charge in [0.25, 0.3) is 0 Å². The van der Waals surface area contributed by atoms with Crippen LogP contribution in [-0.4, -0.2) is 83.5 Å². The molecular weight excluding hydrogens is 432 g/mol. The molecule has 0 radical (unpaired) electrons. The maximum absolute atomic E-state index is 12.9. The van der Waals surface area contributed by atoms with Crippen LogP contribution in [0.1, 0.15) is 51.9 Å². The minimum Gasteiger partial charge on any atom is -0.480 e. The molecule has 4 atom stereocenters. The van der Waals surface area contributed by atoms with E-state index in [1.165, 1.54) is 4.90 Å². The predicted molar refractivity (Wildman–Crippen MR) is 123 cm³/mol. The Morgan fingerprint density at radius 2 is 1.76 bits per heavy atom. The fourth-order valence-electron chi connectivity index (χ4n) is 3.63. The molecule has 1 aliphatic rings. The number of guanidine groups is 1.